The molecule has 1 fully saturated rings. The summed E-state index contributed by atoms with van der Waals surface area (Å²) in [7, 11) is 5.57. The predicted molar refractivity (Wildman–Crippen MR) is 174 cm³/mol. The van der Waals surface area contributed by atoms with Crippen LogP contribution in [0.15, 0.2) is 36.4 Å². The highest BCUT2D eigenvalue weighted by Gasteiger charge is 2.21. The van der Waals surface area contributed by atoms with Crippen LogP contribution in [0.1, 0.15) is 63.8 Å². The van der Waals surface area contributed by atoms with Gasteiger partial charge in [-0.3, -0.25) is 0 Å². The van der Waals surface area contributed by atoms with Crippen LogP contribution in [0, 0.1) is 0 Å². The fraction of sp³-hybridized carbons (Fsp3) is 0.529. The number of hydrogen-bond donors (Lipinski definition) is 1. The Morgan fingerprint density at radius 1 is 0.857 bits per heavy atom. The second-order valence-electron chi connectivity index (χ2n) is 11.5. The molecule has 5 rings (SSSR count). The topological polar surface area (TPSA) is 67.7 Å². The maximum atomic E-state index is 5.68. The fourth-order valence-corrected chi connectivity index (χ4v) is 5.95. The van der Waals surface area contributed by atoms with Crippen molar-refractivity contribution < 1.29 is 9.47 Å². The molecule has 1 N–H and O–H groups in total. The molecule has 0 saturated carbocycles. The van der Waals surface area contributed by atoms with Gasteiger partial charge < -0.3 is 29.2 Å². The zero-order chi connectivity index (χ0) is 29.5. The molecule has 1 saturated heterocycles. The molecule has 0 aliphatic carbocycles. The first-order chi connectivity index (χ1) is 20.6. The molecule has 1 aliphatic rings. The Morgan fingerprint density at radius 3 is 2.40 bits per heavy atom. The van der Waals surface area contributed by atoms with E-state index in [0.717, 1.165) is 92.3 Å². The van der Waals surface area contributed by atoms with Crippen molar-refractivity contribution in [1.82, 2.24) is 19.4 Å². The highest BCUT2D eigenvalue weighted by molar-refractivity contribution is 6.08. The number of anilines is 2. The van der Waals surface area contributed by atoms with E-state index >= 15 is 0 Å². The zero-order valence-corrected chi connectivity index (χ0v) is 26.2. The number of rotatable bonds is 14. The molecule has 8 heteroatoms. The third-order valence-corrected chi connectivity index (χ3v) is 8.54. The van der Waals surface area contributed by atoms with Gasteiger partial charge in [-0.25, -0.2) is 9.97 Å². The quantitative estimate of drug-likeness (QED) is 0.165. The van der Waals surface area contributed by atoms with E-state index in [1.54, 1.807) is 14.2 Å². The Bertz CT molecular complexity index is 1470. The number of likely N-dealkylation sites (N-methyl/N-ethyl adjacent to an activating group) is 1. The Labute approximate surface area is 251 Å². The lowest BCUT2D eigenvalue weighted by atomic mass is 10.1. The van der Waals surface area contributed by atoms with Gasteiger partial charge in [0.25, 0.3) is 0 Å². The van der Waals surface area contributed by atoms with Gasteiger partial charge in [0, 0.05) is 68.4 Å². The minimum Gasteiger partial charge on any atom is -0.497 e. The van der Waals surface area contributed by atoms with Crippen LogP contribution in [0.2, 0.25) is 0 Å². The second-order valence-corrected chi connectivity index (χ2v) is 11.5. The van der Waals surface area contributed by atoms with Crippen LogP contribution in [-0.2, 0) is 19.5 Å². The van der Waals surface area contributed by atoms with Crippen molar-refractivity contribution in [2.24, 2.45) is 0 Å². The normalized spacial score (nSPS) is 14.2. The molecule has 0 atom stereocenters. The molecule has 0 amide bonds. The zero-order valence-electron chi connectivity index (χ0n) is 26.2. The van der Waals surface area contributed by atoms with Gasteiger partial charge in [0.1, 0.15) is 22.8 Å². The first kappa shape index (κ1) is 30.0. The molecule has 3 heterocycles. The van der Waals surface area contributed by atoms with E-state index in [9.17, 15) is 0 Å². The lowest BCUT2D eigenvalue weighted by Crippen LogP contribution is -2.44. The average molecular weight is 573 g/mol. The van der Waals surface area contributed by atoms with Crippen LogP contribution < -0.4 is 19.7 Å². The molecule has 42 heavy (non-hydrogen) atoms. The summed E-state index contributed by atoms with van der Waals surface area (Å²) in [5.41, 5.74) is 5.50. The number of aromatic nitrogens is 3. The SMILES string of the molecule is CCCCCCn1c(CCCC)nc2c(NCc3ccc(OC)cc3OC)nc3ccc(N4CCN(C)CC4)cc3c21. The number of benzene rings is 2. The van der Waals surface area contributed by atoms with Crippen LogP contribution in [0.4, 0.5) is 11.5 Å². The standard InChI is InChI=1S/C34H48N6O2/c1-6-8-10-11-17-40-31(12-9-7-2)37-32-33(40)28-22-26(39-20-18-38(3)19-21-39)14-16-29(28)36-34(32)35-24-25-13-15-27(41-4)23-30(25)42-5/h13-16,22-23H,6-12,17-21,24H2,1-5H3,(H,35,36). The summed E-state index contributed by atoms with van der Waals surface area (Å²) in [5, 5.41) is 4.83. The number of unbranched alkanes of at least 4 members (excludes halogenated alkanes) is 4. The highest BCUT2D eigenvalue weighted by Crippen LogP contribution is 2.34. The Hall–Kier alpha value is -3.52. The van der Waals surface area contributed by atoms with Crippen molar-refractivity contribution in [3.63, 3.8) is 0 Å². The fourth-order valence-electron chi connectivity index (χ4n) is 5.95. The molecule has 2 aromatic carbocycles. The average Bonchev–Trinajstić information content (AvgIpc) is 3.39. The number of imidazole rings is 1. The molecule has 0 radical (unpaired) electrons. The summed E-state index contributed by atoms with van der Waals surface area (Å²) in [6, 6.07) is 12.7. The molecule has 2 aromatic heterocycles. The summed E-state index contributed by atoms with van der Waals surface area (Å²) >= 11 is 0. The van der Waals surface area contributed by atoms with E-state index in [1.807, 2.05) is 18.2 Å². The second kappa shape index (κ2) is 14.1. The first-order valence-electron chi connectivity index (χ1n) is 15.8. The van der Waals surface area contributed by atoms with E-state index < -0.39 is 0 Å². The van der Waals surface area contributed by atoms with Crippen molar-refractivity contribution in [3.8, 4) is 11.5 Å². The third kappa shape index (κ3) is 6.59. The van der Waals surface area contributed by atoms with E-state index in [-0.39, 0.29) is 0 Å². The smallest absolute Gasteiger partial charge is 0.155 e. The number of hydrogen-bond acceptors (Lipinski definition) is 7. The Kier molecular flexibility index (Phi) is 10.1. The van der Waals surface area contributed by atoms with Gasteiger partial charge in [-0.1, -0.05) is 39.5 Å². The molecular formula is C34H48N6O2. The predicted octanol–water partition coefficient (Wildman–Crippen LogP) is 6.89. The number of pyridine rings is 1. The van der Waals surface area contributed by atoms with Crippen molar-refractivity contribution in [1.29, 1.82) is 0 Å². The van der Waals surface area contributed by atoms with Gasteiger partial charge in [0.05, 0.1) is 25.3 Å². The number of nitrogens with zero attached hydrogens (tertiary/aromatic N) is 5. The van der Waals surface area contributed by atoms with Gasteiger partial charge in [-0.2, -0.15) is 0 Å². The monoisotopic (exact) mass is 572 g/mol. The minimum atomic E-state index is 0.577. The molecule has 0 spiro atoms. The summed E-state index contributed by atoms with van der Waals surface area (Å²) in [4.78, 5) is 15.4. The largest absolute Gasteiger partial charge is 0.497 e. The van der Waals surface area contributed by atoms with Gasteiger partial charge in [0.2, 0.25) is 0 Å². The maximum absolute atomic E-state index is 5.68. The number of piperazine rings is 1. The lowest BCUT2D eigenvalue weighted by molar-refractivity contribution is 0.313. The molecule has 4 aromatic rings. The van der Waals surface area contributed by atoms with E-state index in [0.29, 0.717) is 6.54 Å². The number of ether oxygens (including phenoxy) is 2. The van der Waals surface area contributed by atoms with Gasteiger partial charge in [0.15, 0.2) is 5.82 Å². The van der Waals surface area contributed by atoms with Crippen molar-refractivity contribution in [2.75, 3.05) is 57.7 Å². The molecule has 0 unspecified atom stereocenters. The number of fused-ring (bicyclic) bond motifs is 3. The van der Waals surface area contributed by atoms with Crippen LogP contribution in [0.3, 0.4) is 0 Å². The first-order valence-corrected chi connectivity index (χ1v) is 15.8. The molecule has 8 nitrogen and oxygen atoms in total. The van der Waals surface area contributed by atoms with Gasteiger partial charge >= 0.3 is 0 Å². The molecule has 1 aliphatic heterocycles. The number of nitrogens with one attached hydrogen (secondary N) is 1. The van der Waals surface area contributed by atoms with Crippen molar-refractivity contribution in [3.05, 3.63) is 47.8 Å². The van der Waals surface area contributed by atoms with Crippen LogP contribution in [-0.4, -0.2) is 66.9 Å². The third-order valence-electron chi connectivity index (χ3n) is 8.54. The minimum absolute atomic E-state index is 0.577. The van der Waals surface area contributed by atoms with Crippen LogP contribution >= 0.6 is 0 Å². The number of methoxy groups -OCH3 is 2. The summed E-state index contributed by atoms with van der Waals surface area (Å²) < 4.78 is 13.6. The lowest BCUT2D eigenvalue weighted by Gasteiger charge is -2.34. The number of aryl methyl sites for hydroxylation is 2. The summed E-state index contributed by atoms with van der Waals surface area (Å²) in [6.07, 6.45) is 8.15. The molecular weight excluding hydrogens is 524 g/mol. The van der Waals surface area contributed by atoms with E-state index in [1.165, 1.54) is 41.7 Å². The van der Waals surface area contributed by atoms with Crippen molar-refractivity contribution in [2.45, 2.75) is 71.9 Å². The Morgan fingerprint density at radius 2 is 1.67 bits per heavy atom. The van der Waals surface area contributed by atoms with Gasteiger partial charge in [-0.05, 0) is 50.2 Å². The summed E-state index contributed by atoms with van der Waals surface area (Å²) in [5.74, 6) is 3.57. The highest BCUT2D eigenvalue weighted by atomic mass is 16.5. The van der Waals surface area contributed by atoms with E-state index in [4.69, 9.17) is 19.4 Å². The van der Waals surface area contributed by atoms with Crippen LogP contribution in [0.25, 0.3) is 21.9 Å². The van der Waals surface area contributed by atoms with Crippen LogP contribution in [0.5, 0.6) is 11.5 Å². The molecule has 0 bridgehead atoms. The Balaban J connectivity index is 1.59. The van der Waals surface area contributed by atoms with Crippen molar-refractivity contribution >= 4 is 33.4 Å². The van der Waals surface area contributed by atoms with Gasteiger partial charge in [-0.15, -0.1) is 0 Å². The summed E-state index contributed by atoms with van der Waals surface area (Å²) in [6.45, 7) is 10.3. The molecule has 226 valence electrons. The van der Waals surface area contributed by atoms with E-state index in [2.05, 4.69) is 58.8 Å². The maximum Gasteiger partial charge on any atom is 0.155 e.